The Morgan fingerprint density at radius 2 is 1.00 bits per heavy atom. The SMILES string of the molecule is CCCCc1ccc(C(=O)OOCOC(=O)OCOOC(=O)c2ccc(CCCC)cc2)cc1. The minimum absolute atomic E-state index is 0.300. The highest BCUT2D eigenvalue weighted by molar-refractivity contribution is 5.89. The molecular weight excluding hydrogens is 444 g/mol. The zero-order valence-electron chi connectivity index (χ0n) is 19.4. The van der Waals surface area contributed by atoms with Gasteiger partial charge < -0.3 is 9.47 Å². The Balaban J connectivity index is 1.56. The van der Waals surface area contributed by atoms with Gasteiger partial charge in [0.25, 0.3) is 0 Å². The molecule has 0 aliphatic rings. The zero-order valence-corrected chi connectivity index (χ0v) is 19.4. The third kappa shape index (κ3) is 10.0. The summed E-state index contributed by atoms with van der Waals surface area (Å²) in [5.41, 5.74) is 2.85. The summed E-state index contributed by atoms with van der Waals surface area (Å²) in [6.07, 6.45) is 5.02. The summed E-state index contributed by atoms with van der Waals surface area (Å²) in [6.45, 7) is 2.84. The van der Waals surface area contributed by atoms with Gasteiger partial charge in [-0.3, -0.25) is 9.78 Å². The second-order valence-electron chi connectivity index (χ2n) is 7.35. The Morgan fingerprint density at radius 1 is 0.618 bits per heavy atom. The van der Waals surface area contributed by atoms with Gasteiger partial charge in [-0.05, 0) is 61.1 Å². The molecule has 0 atom stereocenters. The van der Waals surface area contributed by atoms with Crippen LogP contribution in [-0.4, -0.2) is 31.7 Å². The molecule has 0 saturated heterocycles. The molecule has 0 spiro atoms. The molecule has 0 heterocycles. The summed E-state index contributed by atoms with van der Waals surface area (Å²) in [7, 11) is 0. The maximum Gasteiger partial charge on any atom is 0.512 e. The molecule has 2 aromatic rings. The molecule has 9 nitrogen and oxygen atoms in total. The Kier molecular flexibility index (Phi) is 12.2. The van der Waals surface area contributed by atoms with E-state index in [1.807, 2.05) is 24.3 Å². The van der Waals surface area contributed by atoms with Crippen LogP contribution in [0.2, 0.25) is 0 Å². The van der Waals surface area contributed by atoms with Crippen molar-refractivity contribution in [2.24, 2.45) is 0 Å². The number of ether oxygens (including phenoxy) is 2. The lowest BCUT2D eigenvalue weighted by Crippen LogP contribution is -2.15. The van der Waals surface area contributed by atoms with Gasteiger partial charge in [0.15, 0.2) is 0 Å². The fourth-order valence-corrected chi connectivity index (χ4v) is 2.81. The molecule has 0 unspecified atom stereocenters. The van der Waals surface area contributed by atoms with Crippen LogP contribution in [0.4, 0.5) is 4.79 Å². The molecular formula is C25H30O9. The number of aryl methyl sites for hydroxylation is 2. The van der Waals surface area contributed by atoms with E-state index in [2.05, 4.69) is 42.9 Å². The molecule has 2 aromatic carbocycles. The predicted molar refractivity (Wildman–Crippen MR) is 120 cm³/mol. The number of benzene rings is 2. The normalized spacial score (nSPS) is 10.4. The van der Waals surface area contributed by atoms with Gasteiger partial charge in [-0.1, -0.05) is 51.0 Å². The van der Waals surface area contributed by atoms with E-state index in [0.717, 1.165) is 49.7 Å². The Labute approximate surface area is 198 Å². The van der Waals surface area contributed by atoms with Crippen molar-refractivity contribution >= 4 is 18.1 Å². The van der Waals surface area contributed by atoms with Crippen molar-refractivity contribution in [3.8, 4) is 0 Å². The lowest BCUT2D eigenvalue weighted by atomic mass is 10.1. The lowest BCUT2D eigenvalue weighted by molar-refractivity contribution is -0.297. The van der Waals surface area contributed by atoms with Gasteiger partial charge in [-0.25, -0.2) is 14.4 Å². The first-order chi connectivity index (χ1) is 16.5. The topological polar surface area (TPSA) is 107 Å². The summed E-state index contributed by atoms with van der Waals surface area (Å²) < 4.78 is 9.10. The predicted octanol–water partition coefficient (Wildman–Crippen LogP) is 5.32. The number of hydrogen-bond donors (Lipinski definition) is 0. The summed E-state index contributed by atoms with van der Waals surface area (Å²) in [6, 6.07) is 13.9. The molecule has 184 valence electrons. The molecule has 0 bridgehead atoms. The summed E-state index contributed by atoms with van der Waals surface area (Å²) >= 11 is 0. The third-order valence-corrected chi connectivity index (χ3v) is 4.74. The smallest absolute Gasteiger partial charge is 0.403 e. The monoisotopic (exact) mass is 474 g/mol. The number of unbranched alkanes of at least 4 members (excludes halogenated alkanes) is 2. The Hall–Kier alpha value is -3.43. The molecule has 0 aromatic heterocycles. The van der Waals surface area contributed by atoms with E-state index >= 15 is 0 Å². The maximum absolute atomic E-state index is 11.9. The Morgan fingerprint density at radius 3 is 1.35 bits per heavy atom. The molecule has 0 radical (unpaired) electrons. The van der Waals surface area contributed by atoms with Crippen molar-refractivity contribution in [3.63, 3.8) is 0 Å². The van der Waals surface area contributed by atoms with Gasteiger partial charge in [-0.15, -0.1) is 9.78 Å². The first-order valence-electron chi connectivity index (χ1n) is 11.2. The highest BCUT2D eigenvalue weighted by atomic mass is 17.2. The molecule has 0 N–H and O–H groups in total. The molecule has 0 aliphatic carbocycles. The largest absolute Gasteiger partial charge is 0.512 e. The van der Waals surface area contributed by atoms with Gasteiger partial charge >= 0.3 is 18.1 Å². The van der Waals surface area contributed by atoms with E-state index in [4.69, 9.17) is 0 Å². The fraction of sp³-hybridized carbons (Fsp3) is 0.400. The molecule has 0 amide bonds. The van der Waals surface area contributed by atoms with Crippen LogP contribution in [0, 0.1) is 0 Å². The molecule has 9 heteroatoms. The molecule has 34 heavy (non-hydrogen) atoms. The second-order valence-corrected chi connectivity index (χ2v) is 7.35. The number of carbonyl (C=O) groups is 3. The zero-order chi connectivity index (χ0) is 24.6. The van der Waals surface area contributed by atoms with Gasteiger partial charge in [0, 0.05) is 0 Å². The van der Waals surface area contributed by atoms with Crippen LogP contribution in [0.1, 0.15) is 71.4 Å². The second kappa shape index (κ2) is 15.4. The van der Waals surface area contributed by atoms with Crippen molar-refractivity contribution in [1.29, 1.82) is 0 Å². The quantitative estimate of drug-likeness (QED) is 0.118. The van der Waals surface area contributed by atoms with Crippen molar-refractivity contribution in [2.75, 3.05) is 13.6 Å². The summed E-state index contributed by atoms with van der Waals surface area (Å²) in [5.74, 6) is -1.46. The van der Waals surface area contributed by atoms with E-state index in [-0.39, 0.29) is 0 Å². The number of carbonyl (C=O) groups excluding carboxylic acids is 3. The standard InChI is InChI=1S/C25H30O9/c1-3-5-7-19-9-13-21(14-10-19)23(26)33-31-17-29-25(28)30-18-32-34-24(27)22-15-11-20(12-16-22)8-6-4-2/h9-16H,3-8,17-18H2,1-2H3. The number of hydrogen-bond acceptors (Lipinski definition) is 9. The minimum atomic E-state index is -1.17. The van der Waals surface area contributed by atoms with Crippen LogP contribution in [0.3, 0.4) is 0 Å². The highest BCUT2D eigenvalue weighted by Crippen LogP contribution is 2.10. The van der Waals surface area contributed by atoms with Crippen molar-refractivity contribution in [1.82, 2.24) is 0 Å². The lowest BCUT2D eigenvalue weighted by Gasteiger charge is -2.07. The molecule has 2 rings (SSSR count). The van der Waals surface area contributed by atoms with E-state index < -0.39 is 31.7 Å². The van der Waals surface area contributed by atoms with Crippen molar-refractivity contribution in [3.05, 3.63) is 70.8 Å². The van der Waals surface area contributed by atoms with Gasteiger partial charge in [0.1, 0.15) is 0 Å². The van der Waals surface area contributed by atoms with E-state index in [1.54, 1.807) is 24.3 Å². The van der Waals surface area contributed by atoms with Gasteiger partial charge in [0.05, 0.1) is 11.1 Å². The molecule has 0 fully saturated rings. The van der Waals surface area contributed by atoms with Crippen molar-refractivity contribution < 1.29 is 43.4 Å². The highest BCUT2D eigenvalue weighted by Gasteiger charge is 2.12. The van der Waals surface area contributed by atoms with Crippen LogP contribution in [0.5, 0.6) is 0 Å². The van der Waals surface area contributed by atoms with Crippen LogP contribution in [0.25, 0.3) is 0 Å². The Bertz CT molecular complexity index is 818. The molecule has 0 saturated carbocycles. The van der Waals surface area contributed by atoms with Crippen molar-refractivity contribution in [2.45, 2.75) is 52.4 Å². The van der Waals surface area contributed by atoms with E-state index in [0.29, 0.717) is 11.1 Å². The maximum atomic E-state index is 11.9. The van der Waals surface area contributed by atoms with Crippen LogP contribution < -0.4 is 0 Å². The van der Waals surface area contributed by atoms with Crippen LogP contribution >= 0.6 is 0 Å². The fourth-order valence-electron chi connectivity index (χ4n) is 2.81. The third-order valence-electron chi connectivity index (χ3n) is 4.74. The van der Waals surface area contributed by atoms with Gasteiger partial charge in [-0.2, -0.15) is 0 Å². The average molecular weight is 475 g/mol. The summed E-state index contributed by atoms with van der Waals surface area (Å²) in [5, 5.41) is 0. The van der Waals surface area contributed by atoms with E-state index in [9.17, 15) is 14.4 Å². The van der Waals surface area contributed by atoms with Gasteiger partial charge in [0.2, 0.25) is 13.6 Å². The first kappa shape index (κ1) is 26.8. The minimum Gasteiger partial charge on any atom is -0.403 e. The first-order valence-corrected chi connectivity index (χ1v) is 11.2. The van der Waals surface area contributed by atoms with E-state index in [1.165, 1.54) is 0 Å². The van der Waals surface area contributed by atoms with Crippen LogP contribution in [-0.2, 0) is 41.9 Å². The molecule has 0 aliphatic heterocycles. The van der Waals surface area contributed by atoms with Crippen LogP contribution in [0.15, 0.2) is 48.5 Å². The summed E-state index contributed by atoms with van der Waals surface area (Å²) in [4.78, 5) is 53.4. The average Bonchev–Trinajstić information content (AvgIpc) is 2.87. The number of rotatable bonds is 14.